The number of nitrogens with two attached hydrogens (primary N) is 2. The van der Waals surface area contributed by atoms with Gasteiger partial charge in [0.15, 0.2) is 0 Å². The third-order valence-corrected chi connectivity index (χ3v) is 2.38. The van der Waals surface area contributed by atoms with Gasteiger partial charge in [0.2, 0.25) is 0 Å². The Balaban J connectivity index is 2.72. The summed E-state index contributed by atoms with van der Waals surface area (Å²) in [6, 6.07) is 1.77. The van der Waals surface area contributed by atoms with Crippen molar-refractivity contribution in [1.82, 2.24) is 4.98 Å². The van der Waals surface area contributed by atoms with E-state index in [2.05, 4.69) is 4.98 Å². The summed E-state index contributed by atoms with van der Waals surface area (Å²) in [6.45, 7) is 0.0688. The fourth-order valence-corrected chi connectivity index (χ4v) is 1.47. The van der Waals surface area contributed by atoms with Gasteiger partial charge in [0.05, 0.1) is 31.5 Å². The maximum Gasteiger partial charge on any atom is 0.303 e. The lowest BCUT2D eigenvalue weighted by Gasteiger charge is -2.14. The quantitative estimate of drug-likeness (QED) is 0.391. The van der Waals surface area contributed by atoms with Gasteiger partial charge in [-0.3, -0.25) is 9.78 Å². The largest absolute Gasteiger partial charge is 0.469 e. The summed E-state index contributed by atoms with van der Waals surface area (Å²) in [6.07, 6.45) is 3.62. The lowest BCUT2D eigenvalue weighted by Crippen LogP contribution is -2.23. The third kappa shape index (κ3) is 4.05. The highest BCUT2D eigenvalue weighted by atomic mass is 16.5. The molecule has 1 rings (SSSR count). The molecule has 0 spiro atoms. The van der Waals surface area contributed by atoms with E-state index >= 15 is 0 Å². The molecule has 0 aliphatic rings. The van der Waals surface area contributed by atoms with E-state index in [1.54, 1.807) is 18.5 Å². The van der Waals surface area contributed by atoms with E-state index in [1.807, 2.05) is 0 Å². The molecule has 0 aliphatic carbocycles. The molecule has 6 nitrogen and oxygen atoms in total. The summed E-state index contributed by atoms with van der Waals surface area (Å²) in [5.74, 6) is -0.747. The number of nitrogens with zero attached hydrogens (tertiary/aromatic N) is 1. The lowest BCUT2D eigenvalue weighted by atomic mass is 9.76. The first kappa shape index (κ1) is 13.5. The fraction of sp³-hybridized carbons (Fsp3) is 0.400. The van der Waals surface area contributed by atoms with Crippen molar-refractivity contribution in [1.29, 1.82) is 0 Å². The number of aromatic nitrogens is 1. The molecule has 1 unspecified atom stereocenters. The third-order valence-electron chi connectivity index (χ3n) is 2.38. The first-order valence-electron chi connectivity index (χ1n) is 5.23. The molecule has 1 heterocycles. The van der Waals surface area contributed by atoms with E-state index in [0.717, 1.165) is 5.56 Å². The minimum Gasteiger partial charge on any atom is -0.469 e. The summed E-state index contributed by atoms with van der Waals surface area (Å²) in [5.41, 5.74) is 12.4. The van der Waals surface area contributed by atoms with Crippen LogP contribution in [-0.4, -0.2) is 32.3 Å². The zero-order chi connectivity index (χ0) is 12.7. The molecule has 7 heteroatoms. The van der Waals surface area contributed by atoms with Crippen LogP contribution in [0.1, 0.15) is 5.56 Å². The Labute approximate surface area is 101 Å². The van der Waals surface area contributed by atoms with Crippen LogP contribution in [0.4, 0.5) is 5.69 Å². The first-order valence-corrected chi connectivity index (χ1v) is 5.23. The Kier molecular flexibility index (Phi) is 5.45. The number of hydrogen-bond donors (Lipinski definition) is 2. The van der Waals surface area contributed by atoms with Gasteiger partial charge in [-0.15, -0.1) is 0 Å². The molecule has 17 heavy (non-hydrogen) atoms. The van der Waals surface area contributed by atoms with Gasteiger partial charge in [-0.05, 0) is 18.1 Å². The molecule has 0 fully saturated rings. The van der Waals surface area contributed by atoms with Crippen molar-refractivity contribution in [2.24, 2.45) is 5.73 Å². The van der Waals surface area contributed by atoms with Crippen molar-refractivity contribution >= 4 is 19.1 Å². The molecule has 0 amide bonds. The normalized spacial score (nSPS) is 11.9. The minimum atomic E-state index is -0.409. The SMILES string of the molecule is COC(=O)C(BOCN)Cc1ccncc1N. The Hall–Kier alpha value is -1.60. The highest BCUT2D eigenvalue weighted by Gasteiger charge is 2.22. The Morgan fingerprint density at radius 1 is 1.65 bits per heavy atom. The molecule has 1 aromatic heterocycles. The second-order valence-electron chi connectivity index (χ2n) is 3.54. The maximum absolute atomic E-state index is 11.5. The number of nitrogen functional groups attached to an aromatic ring is 1. The second kappa shape index (κ2) is 6.87. The standard InChI is InChI=1S/C10H16BN3O3/c1-16-10(15)8(11-17-6-12)4-7-2-3-14-5-9(7)13/h2-3,5,8,11H,4,6,12-13H2,1H3. The minimum absolute atomic E-state index is 0.0688. The molecule has 1 atom stereocenters. The summed E-state index contributed by atoms with van der Waals surface area (Å²) in [4.78, 5) is 15.4. The van der Waals surface area contributed by atoms with Crippen LogP contribution in [-0.2, 0) is 20.6 Å². The Morgan fingerprint density at radius 3 is 3.00 bits per heavy atom. The van der Waals surface area contributed by atoms with Crippen LogP contribution in [0.5, 0.6) is 0 Å². The predicted molar refractivity (Wildman–Crippen MR) is 65.4 cm³/mol. The van der Waals surface area contributed by atoms with E-state index in [4.69, 9.17) is 20.9 Å². The number of carbonyl (C=O) groups is 1. The summed E-state index contributed by atoms with van der Waals surface area (Å²) in [7, 11) is 1.55. The van der Waals surface area contributed by atoms with E-state index in [1.165, 1.54) is 7.11 Å². The molecule has 0 aromatic carbocycles. The van der Waals surface area contributed by atoms with Crippen LogP contribution >= 0.6 is 0 Å². The van der Waals surface area contributed by atoms with E-state index in [0.29, 0.717) is 12.1 Å². The van der Waals surface area contributed by atoms with Crippen molar-refractivity contribution in [3.63, 3.8) is 0 Å². The van der Waals surface area contributed by atoms with Gasteiger partial charge in [-0.25, -0.2) is 0 Å². The summed E-state index contributed by atoms with van der Waals surface area (Å²) >= 11 is 0. The van der Waals surface area contributed by atoms with E-state index in [-0.39, 0.29) is 20.2 Å². The smallest absolute Gasteiger partial charge is 0.303 e. The van der Waals surface area contributed by atoms with Crippen LogP contribution in [0, 0.1) is 0 Å². The van der Waals surface area contributed by atoms with Crippen LogP contribution in [0.25, 0.3) is 0 Å². The average Bonchev–Trinajstić information content (AvgIpc) is 2.35. The highest BCUT2D eigenvalue weighted by molar-refractivity contribution is 6.36. The second-order valence-corrected chi connectivity index (χ2v) is 3.54. The van der Waals surface area contributed by atoms with Crippen LogP contribution in [0.15, 0.2) is 18.5 Å². The molecule has 0 aliphatic heterocycles. The molecule has 4 N–H and O–H groups in total. The molecular formula is C10H16BN3O3. The van der Waals surface area contributed by atoms with E-state index in [9.17, 15) is 4.79 Å². The van der Waals surface area contributed by atoms with Gasteiger partial charge in [0.1, 0.15) is 0 Å². The zero-order valence-electron chi connectivity index (χ0n) is 9.76. The molecular weight excluding hydrogens is 221 g/mol. The van der Waals surface area contributed by atoms with Gasteiger partial charge in [-0.2, -0.15) is 0 Å². The number of pyridine rings is 1. The van der Waals surface area contributed by atoms with Crippen molar-refractivity contribution < 1.29 is 14.2 Å². The number of hydrogen-bond acceptors (Lipinski definition) is 6. The number of carbonyl (C=O) groups excluding carboxylic acids is 1. The van der Waals surface area contributed by atoms with Gasteiger partial charge in [-0.1, -0.05) is 0 Å². The van der Waals surface area contributed by atoms with Crippen LogP contribution in [0.3, 0.4) is 0 Å². The van der Waals surface area contributed by atoms with E-state index < -0.39 is 5.82 Å². The number of rotatable bonds is 6. The number of methoxy groups -OCH3 is 1. The van der Waals surface area contributed by atoms with Crippen molar-refractivity contribution in [2.75, 3.05) is 19.6 Å². The topological polar surface area (TPSA) is 100 Å². The molecule has 92 valence electrons. The van der Waals surface area contributed by atoms with Crippen molar-refractivity contribution in [2.45, 2.75) is 12.2 Å². The molecule has 0 bridgehead atoms. The summed E-state index contributed by atoms with van der Waals surface area (Å²) in [5, 5.41) is 0. The number of ether oxygens (including phenoxy) is 1. The van der Waals surface area contributed by atoms with Gasteiger partial charge in [0, 0.05) is 6.20 Å². The number of anilines is 1. The molecule has 1 aromatic rings. The van der Waals surface area contributed by atoms with Gasteiger partial charge < -0.3 is 20.9 Å². The first-order chi connectivity index (χ1) is 8.19. The van der Waals surface area contributed by atoms with Crippen LogP contribution in [0.2, 0.25) is 5.82 Å². The van der Waals surface area contributed by atoms with Crippen LogP contribution < -0.4 is 11.5 Å². The monoisotopic (exact) mass is 237 g/mol. The maximum atomic E-state index is 11.5. The predicted octanol–water partition coefficient (Wildman–Crippen LogP) is -0.548. The highest BCUT2D eigenvalue weighted by Crippen LogP contribution is 2.19. The molecule has 0 radical (unpaired) electrons. The fourth-order valence-electron chi connectivity index (χ4n) is 1.47. The van der Waals surface area contributed by atoms with Crippen molar-refractivity contribution in [3.8, 4) is 0 Å². The molecule has 0 saturated carbocycles. The average molecular weight is 237 g/mol. The molecule has 0 saturated heterocycles. The zero-order valence-corrected chi connectivity index (χ0v) is 9.76. The summed E-state index contributed by atoms with van der Waals surface area (Å²) < 4.78 is 9.76. The lowest BCUT2D eigenvalue weighted by molar-refractivity contribution is -0.140. The Bertz CT molecular complexity index is 376. The van der Waals surface area contributed by atoms with Gasteiger partial charge in [0.25, 0.3) is 7.48 Å². The number of esters is 1. The van der Waals surface area contributed by atoms with Gasteiger partial charge >= 0.3 is 5.97 Å². The van der Waals surface area contributed by atoms with Crippen molar-refractivity contribution in [3.05, 3.63) is 24.0 Å². The Morgan fingerprint density at radius 2 is 2.41 bits per heavy atom.